The van der Waals surface area contributed by atoms with E-state index >= 15 is 0 Å². The van der Waals surface area contributed by atoms with Crippen LogP contribution in [-0.2, 0) is 14.8 Å². The van der Waals surface area contributed by atoms with Crippen LogP contribution in [0.25, 0.3) is 0 Å². The second kappa shape index (κ2) is 5.42. The van der Waals surface area contributed by atoms with E-state index < -0.39 is 9.05 Å². The Hall–Kier alpha value is -1.52. The first-order valence-electron chi connectivity index (χ1n) is 5.27. The lowest BCUT2D eigenvalue weighted by atomic mass is 10.2. The van der Waals surface area contributed by atoms with Crippen LogP contribution in [0.2, 0.25) is 0 Å². The Morgan fingerprint density at radius 2 is 1.61 bits per heavy atom. The fourth-order valence-corrected chi connectivity index (χ4v) is 2.48. The average molecular weight is 283 g/mol. The van der Waals surface area contributed by atoms with Gasteiger partial charge in [-0.2, -0.15) is 0 Å². The minimum Gasteiger partial charge on any atom is -0.457 e. The van der Waals surface area contributed by atoms with Gasteiger partial charge < -0.3 is 4.74 Å². The van der Waals surface area contributed by atoms with Crippen LogP contribution >= 0.6 is 10.7 Å². The second-order valence-corrected chi connectivity index (χ2v) is 6.52. The molecule has 18 heavy (non-hydrogen) atoms. The highest BCUT2D eigenvalue weighted by Gasteiger charge is 2.08. The molecule has 2 aromatic rings. The molecule has 0 unspecified atom stereocenters. The summed E-state index contributed by atoms with van der Waals surface area (Å²) in [5, 5.41) is 0. The SMILES string of the molecule is O=S(=O)(Cl)Cc1cccc(Oc2ccccc2)c1. The van der Waals surface area contributed by atoms with Crippen molar-refractivity contribution >= 4 is 19.7 Å². The highest BCUT2D eigenvalue weighted by atomic mass is 35.7. The van der Waals surface area contributed by atoms with Gasteiger partial charge in [0.05, 0.1) is 5.75 Å². The van der Waals surface area contributed by atoms with Crippen molar-refractivity contribution < 1.29 is 13.2 Å². The predicted octanol–water partition coefficient (Wildman–Crippen LogP) is 3.55. The maximum Gasteiger partial charge on any atom is 0.236 e. The summed E-state index contributed by atoms with van der Waals surface area (Å²) in [5.74, 6) is 1.07. The van der Waals surface area contributed by atoms with Crippen molar-refractivity contribution in [2.75, 3.05) is 0 Å². The molecule has 0 amide bonds. The summed E-state index contributed by atoms with van der Waals surface area (Å²) in [6.45, 7) is 0. The zero-order valence-corrected chi connectivity index (χ0v) is 11.0. The molecule has 2 rings (SSSR count). The molecule has 3 nitrogen and oxygen atoms in total. The molecule has 0 fully saturated rings. The van der Waals surface area contributed by atoms with Crippen molar-refractivity contribution in [3.05, 3.63) is 60.2 Å². The van der Waals surface area contributed by atoms with Gasteiger partial charge in [0.1, 0.15) is 11.5 Å². The lowest BCUT2D eigenvalue weighted by Gasteiger charge is -2.06. The van der Waals surface area contributed by atoms with Crippen LogP contribution in [0.3, 0.4) is 0 Å². The van der Waals surface area contributed by atoms with E-state index in [1.54, 1.807) is 24.3 Å². The first-order chi connectivity index (χ1) is 8.53. The summed E-state index contributed by atoms with van der Waals surface area (Å²) >= 11 is 0. The zero-order valence-electron chi connectivity index (χ0n) is 9.41. The number of hydrogen-bond donors (Lipinski definition) is 0. The molecule has 0 saturated carbocycles. The van der Waals surface area contributed by atoms with Crippen molar-refractivity contribution in [2.45, 2.75) is 5.75 Å². The summed E-state index contributed by atoms with van der Waals surface area (Å²) in [5.41, 5.74) is 0.596. The van der Waals surface area contributed by atoms with E-state index in [0.29, 0.717) is 17.1 Å². The third-order valence-corrected chi connectivity index (χ3v) is 3.22. The molecule has 0 atom stereocenters. The predicted molar refractivity (Wildman–Crippen MR) is 71.4 cm³/mol. The van der Waals surface area contributed by atoms with Crippen LogP contribution in [0.15, 0.2) is 54.6 Å². The summed E-state index contributed by atoms with van der Waals surface area (Å²) in [6, 6.07) is 16.1. The Bertz CT molecular complexity index is 624. The van der Waals surface area contributed by atoms with Gasteiger partial charge >= 0.3 is 0 Å². The smallest absolute Gasteiger partial charge is 0.236 e. The topological polar surface area (TPSA) is 43.4 Å². The average Bonchev–Trinajstić information content (AvgIpc) is 2.28. The van der Waals surface area contributed by atoms with Gasteiger partial charge in [-0.3, -0.25) is 0 Å². The Balaban J connectivity index is 2.18. The van der Waals surface area contributed by atoms with E-state index in [9.17, 15) is 8.42 Å². The van der Waals surface area contributed by atoms with Gasteiger partial charge in [0, 0.05) is 10.7 Å². The largest absolute Gasteiger partial charge is 0.457 e. The van der Waals surface area contributed by atoms with E-state index in [4.69, 9.17) is 15.4 Å². The van der Waals surface area contributed by atoms with Crippen molar-refractivity contribution in [3.63, 3.8) is 0 Å². The van der Waals surface area contributed by atoms with Crippen LogP contribution in [0.5, 0.6) is 11.5 Å². The number of hydrogen-bond acceptors (Lipinski definition) is 3. The summed E-state index contributed by atoms with van der Waals surface area (Å²) < 4.78 is 27.6. The molecule has 0 radical (unpaired) electrons. The van der Waals surface area contributed by atoms with Gasteiger partial charge in [0.15, 0.2) is 0 Å². The van der Waals surface area contributed by atoms with E-state index in [1.807, 2.05) is 30.3 Å². The highest BCUT2D eigenvalue weighted by molar-refractivity contribution is 8.13. The quantitative estimate of drug-likeness (QED) is 0.806. The van der Waals surface area contributed by atoms with Gasteiger partial charge in [-0.15, -0.1) is 0 Å². The molecule has 0 aliphatic carbocycles. The molecule has 5 heteroatoms. The molecular formula is C13H11ClO3S. The Labute approximate surface area is 110 Å². The van der Waals surface area contributed by atoms with Gasteiger partial charge in [-0.1, -0.05) is 30.3 Å². The van der Waals surface area contributed by atoms with Crippen LogP contribution in [-0.4, -0.2) is 8.42 Å². The fourth-order valence-electron chi connectivity index (χ4n) is 1.52. The second-order valence-electron chi connectivity index (χ2n) is 3.75. The third-order valence-electron chi connectivity index (χ3n) is 2.22. The minimum atomic E-state index is -3.55. The third kappa shape index (κ3) is 4.05. The van der Waals surface area contributed by atoms with Crippen molar-refractivity contribution in [3.8, 4) is 11.5 Å². The van der Waals surface area contributed by atoms with Crippen LogP contribution in [0.1, 0.15) is 5.56 Å². The lowest BCUT2D eigenvalue weighted by molar-refractivity contribution is 0.482. The van der Waals surface area contributed by atoms with Crippen LogP contribution in [0, 0.1) is 0 Å². The normalized spacial score (nSPS) is 11.2. The molecule has 94 valence electrons. The van der Waals surface area contributed by atoms with Crippen molar-refractivity contribution in [1.29, 1.82) is 0 Å². The molecule has 0 aliphatic heterocycles. The number of para-hydroxylation sites is 1. The zero-order chi connectivity index (χ0) is 13.0. The first-order valence-corrected chi connectivity index (χ1v) is 7.75. The van der Waals surface area contributed by atoms with Gasteiger partial charge in [0.25, 0.3) is 0 Å². The Morgan fingerprint density at radius 3 is 2.28 bits per heavy atom. The number of ether oxygens (including phenoxy) is 1. The molecule has 0 bridgehead atoms. The Morgan fingerprint density at radius 1 is 0.944 bits per heavy atom. The molecule has 0 N–H and O–H groups in total. The van der Waals surface area contributed by atoms with E-state index in [1.165, 1.54) is 0 Å². The first kappa shape index (κ1) is 12.9. The van der Waals surface area contributed by atoms with Gasteiger partial charge in [-0.25, -0.2) is 8.42 Å². The fraction of sp³-hybridized carbons (Fsp3) is 0.0769. The molecule has 2 aromatic carbocycles. The van der Waals surface area contributed by atoms with E-state index in [-0.39, 0.29) is 5.75 Å². The number of halogens is 1. The van der Waals surface area contributed by atoms with Crippen LogP contribution in [0.4, 0.5) is 0 Å². The summed E-state index contributed by atoms with van der Waals surface area (Å²) in [4.78, 5) is 0. The number of benzene rings is 2. The Kier molecular flexibility index (Phi) is 3.89. The summed E-state index contributed by atoms with van der Waals surface area (Å²) in [6.07, 6.45) is 0. The molecule has 0 heterocycles. The summed E-state index contributed by atoms with van der Waals surface area (Å²) in [7, 11) is 1.66. The molecule has 0 saturated heterocycles. The van der Waals surface area contributed by atoms with E-state index in [0.717, 1.165) is 0 Å². The monoisotopic (exact) mass is 282 g/mol. The van der Waals surface area contributed by atoms with E-state index in [2.05, 4.69) is 0 Å². The van der Waals surface area contributed by atoms with Crippen LogP contribution < -0.4 is 4.74 Å². The maximum atomic E-state index is 11.0. The molecule has 0 spiro atoms. The minimum absolute atomic E-state index is 0.208. The van der Waals surface area contributed by atoms with Crippen molar-refractivity contribution in [2.24, 2.45) is 0 Å². The van der Waals surface area contributed by atoms with Gasteiger partial charge in [-0.05, 0) is 29.8 Å². The van der Waals surface area contributed by atoms with Gasteiger partial charge in [0.2, 0.25) is 9.05 Å². The lowest BCUT2D eigenvalue weighted by Crippen LogP contribution is -1.95. The number of rotatable bonds is 4. The van der Waals surface area contributed by atoms with Crippen molar-refractivity contribution in [1.82, 2.24) is 0 Å². The standard InChI is InChI=1S/C13H11ClO3S/c14-18(15,16)10-11-5-4-8-13(9-11)17-12-6-2-1-3-7-12/h1-9H,10H2. The maximum absolute atomic E-state index is 11.0. The highest BCUT2D eigenvalue weighted by Crippen LogP contribution is 2.23. The molecule has 0 aliphatic rings. The molecule has 0 aromatic heterocycles. The molecular weight excluding hydrogens is 272 g/mol.